The normalized spacial score (nSPS) is 10.4. The molecule has 6 heteroatoms. The number of nitrogens with zero attached hydrogens (tertiary/aromatic N) is 1. The first kappa shape index (κ1) is 15.8. The summed E-state index contributed by atoms with van der Waals surface area (Å²) in [5.41, 5.74) is 1.01. The number of carboxylic acids is 1. The Balaban J connectivity index is 2.17. The van der Waals surface area contributed by atoms with Gasteiger partial charge in [0.25, 0.3) is 5.56 Å². The lowest BCUT2D eigenvalue weighted by Crippen LogP contribution is -2.17. The first-order valence-corrected chi connectivity index (χ1v) is 7.13. The maximum Gasteiger partial charge on any atom is 0.308 e. The van der Waals surface area contributed by atoms with Crippen LogP contribution in [0.4, 0.5) is 0 Å². The van der Waals surface area contributed by atoms with E-state index < -0.39 is 11.5 Å². The van der Waals surface area contributed by atoms with Crippen LogP contribution in [-0.2, 0) is 11.2 Å². The molecule has 2 rings (SSSR count). The van der Waals surface area contributed by atoms with Gasteiger partial charge >= 0.3 is 5.97 Å². The number of nitrogens with one attached hydrogen (secondary N) is 1. The van der Waals surface area contributed by atoms with Gasteiger partial charge in [-0.2, -0.15) is 5.10 Å². The highest BCUT2D eigenvalue weighted by Gasteiger charge is 2.09. The van der Waals surface area contributed by atoms with E-state index in [4.69, 9.17) is 9.84 Å². The van der Waals surface area contributed by atoms with Crippen molar-refractivity contribution in [3.63, 3.8) is 0 Å². The molecule has 0 saturated heterocycles. The minimum absolute atomic E-state index is 0.181. The number of hydrogen-bond acceptors (Lipinski definition) is 4. The van der Waals surface area contributed by atoms with Gasteiger partial charge in [-0.05, 0) is 36.8 Å². The SMILES string of the molecule is CCCCOc1ccc(-c2cc(CC(=O)O)c(=O)[nH]n2)cc1. The van der Waals surface area contributed by atoms with Crippen LogP contribution in [0.3, 0.4) is 0 Å². The van der Waals surface area contributed by atoms with Gasteiger partial charge in [0.15, 0.2) is 0 Å². The van der Waals surface area contributed by atoms with E-state index in [2.05, 4.69) is 17.1 Å². The lowest BCUT2D eigenvalue weighted by atomic mass is 10.1. The Morgan fingerprint density at radius 2 is 2.05 bits per heavy atom. The van der Waals surface area contributed by atoms with E-state index in [0.29, 0.717) is 12.3 Å². The highest BCUT2D eigenvalue weighted by atomic mass is 16.5. The van der Waals surface area contributed by atoms with Gasteiger partial charge in [0.2, 0.25) is 0 Å². The zero-order valence-corrected chi connectivity index (χ0v) is 12.3. The van der Waals surface area contributed by atoms with Crippen molar-refractivity contribution in [3.05, 3.63) is 46.2 Å². The maximum absolute atomic E-state index is 11.5. The van der Waals surface area contributed by atoms with Crippen molar-refractivity contribution in [2.75, 3.05) is 6.61 Å². The molecule has 0 amide bonds. The number of carbonyl (C=O) groups is 1. The molecule has 0 bridgehead atoms. The van der Waals surface area contributed by atoms with Gasteiger partial charge in [-0.3, -0.25) is 9.59 Å². The second-order valence-corrected chi connectivity index (χ2v) is 4.90. The maximum atomic E-state index is 11.5. The standard InChI is InChI=1S/C16H18N2O4/c1-2-3-8-22-13-6-4-11(5-7-13)14-9-12(10-15(19)20)16(21)18-17-14/h4-7,9H,2-3,8,10H2,1H3,(H,18,21)(H,19,20). The van der Waals surface area contributed by atoms with Gasteiger partial charge in [-0.15, -0.1) is 0 Å². The van der Waals surface area contributed by atoms with Crippen LogP contribution < -0.4 is 10.3 Å². The van der Waals surface area contributed by atoms with Crippen LogP contribution in [0.25, 0.3) is 11.3 Å². The van der Waals surface area contributed by atoms with Crippen LogP contribution in [0.5, 0.6) is 5.75 Å². The summed E-state index contributed by atoms with van der Waals surface area (Å²) in [5, 5.41) is 15.1. The fourth-order valence-electron chi connectivity index (χ4n) is 1.94. The smallest absolute Gasteiger partial charge is 0.308 e. The summed E-state index contributed by atoms with van der Waals surface area (Å²) >= 11 is 0. The minimum atomic E-state index is -1.05. The number of carboxylic acid groups (broad SMARTS) is 1. The second kappa shape index (κ2) is 7.40. The van der Waals surface area contributed by atoms with Crippen molar-refractivity contribution in [3.8, 4) is 17.0 Å². The Labute approximate surface area is 127 Å². The molecule has 1 aromatic heterocycles. The first-order chi connectivity index (χ1) is 10.6. The molecule has 0 unspecified atom stereocenters. The summed E-state index contributed by atoms with van der Waals surface area (Å²) in [6.45, 7) is 2.78. The Bertz CT molecular complexity index is 692. The van der Waals surface area contributed by atoms with Crippen molar-refractivity contribution < 1.29 is 14.6 Å². The van der Waals surface area contributed by atoms with Gasteiger partial charge in [0, 0.05) is 11.1 Å². The van der Waals surface area contributed by atoms with E-state index >= 15 is 0 Å². The highest BCUT2D eigenvalue weighted by Crippen LogP contribution is 2.20. The van der Waals surface area contributed by atoms with Gasteiger partial charge in [-0.1, -0.05) is 13.3 Å². The third kappa shape index (κ3) is 4.18. The molecule has 22 heavy (non-hydrogen) atoms. The second-order valence-electron chi connectivity index (χ2n) is 4.90. The number of hydrogen-bond donors (Lipinski definition) is 2. The van der Waals surface area contributed by atoms with Crippen molar-refractivity contribution in [2.45, 2.75) is 26.2 Å². The molecule has 1 aromatic carbocycles. The van der Waals surface area contributed by atoms with Crippen LogP contribution in [0.15, 0.2) is 35.1 Å². The van der Waals surface area contributed by atoms with Crippen LogP contribution in [0.1, 0.15) is 25.3 Å². The summed E-state index contributed by atoms with van der Waals surface area (Å²) in [7, 11) is 0. The zero-order chi connectivity index (χ0) is 15.9. The van der Waals surface area contributed by atoms with E-state index in [0.717, 1.165) is 24.2 Å². The van der Waals surface area contributed by atoms with E-state index in [9.17, 15) is 9.59 Å². The number of aromatic nitrogens is 2. The summed E-state index contributed by atoms with van der Waals surface area (Å²) in [6.07, 6.45) is 1.75. The van der Waals surface area contributed by atoms with Crippen molar-refractivity contribution in [1.29, 1.82) is 0 Å². The summed E-state index contributed by atoms with van der Waals surface area (Å²) in [6, 6.07) is 8.81. The highest BCUT2D eigenvalue weighted by molar-refractivity contribution is 5.71. The lowest BCUT2D eigenvalue weighted by molar-refractivity contribution is -0.136. The quantitative estimate of drug-likeness (QED) is 0.765. The molecular weight excluding hydrogens is 284 g/mol. The molecule has 0 radical (unpaired) electrons. The van der Waals surface area contributed by atoms with Crippen LogP contribution in [0.2, 0.25) is 0 Å². The zero-order valence-electron chi connectivity index (χ0n) is 12.3. The molecule has 0 aliphatic heterocycles. The Hall–Kier alpha value is -2.63. The molecular formula is C16H18N2O4. The van der Waals surface area contributed by atoms with Gasteiger partial charge in [0.05, 0.1) is 18.7 Å². The fraction of sp³-hybridized carbons (Fsp3) is 0.312. The minimum Gasteiger partial charge on any atom is -0.494 e. The average Bonchev–Trinajstić information content (AvgIpc) is 2.50. The molecule has 6 nitrogen and oxygen atoms in total. The number of H-pyrrole nitrogens is 1. The van der Waals surface area contributed by atoms with Crippen LogP contribution in [0, 0.1) is 0 Å². The predicted molar refractivity (Wildman–Crippen MR) is 82.0 cm³/mol. The number of unbranched alkanes of at least 4 members (excludes halogenated alkanes) is 1. The number of rotatable bonds is 7. The molecule has 0 aliphatic carbocycles. The largest absolute Gasteiger partial charge is 0.494 e. The van der Waals surface area contributed by atoms with E-state index in [-0.39, 0.29) is 12.0 Å². The Kier molecular flexibility index (Phi) is 5.30. The first-order valence-electron chi connectivity index (χ1n) is 7.13. The third-order valence-corrected chi connectivity index (χ3v) is 3.14. The van der Waals surface area contributed by atoms with E-state index in [1.165, 1.54) is 6.07 Å². The topological polar surface area (TPSA) is 92.3 Å². The van der Waals surface area contributed by atoms with Crippen molar-refractivity contribution in [1.82, 2.24) is 10.2 Å². The monoisotopic (exact) mass is 302 g/mol. The molecule has 1 heterocycles. The van der Waals surface area contributed by atoms with Crippen LogP contribution in [-0.4, -0.2) is 27.9 Å². The predicted octanol–water partition coefficient (Wildman–Crippen LogP) is 2.24. The van der Waals surface area contributed by atoms with E-state index in [1.807, 2.05) is 24.3 Å². The van der Waals surface area contributed by atoms with Crippen molar-refractivity contribution in [2.24, 2.45) is 0 Å². The lowest BCUT2D eigenvalue weighted by Gasteiger charge is -2.07. The average molecular weight is 302 g/mol. The van der Waals surface area contributed by atoms with Crippen LogP contribution >= 0.6 is 0 Å². The van der Waals surface area contributed by atoms with Gasteiger partial charge < -0.3 is 9.84 Å². The fourth-order valence-corrected chi connectivity index (χ4v) is 1.94. The van der Waals surface area contributed by atoms with Crippen molar-refractivity contribution >= 4 is 5.97 Å². The molecule has 0 atom stereocenters. The molecule has 2 aromatic rings. The van der Waals surface area contributed by atoms with Gasteiger partial charge in [0.1, 0.15) is 5.75 Å². The summed E-state index contributed by atoms with van der Waals surface area (Å²) < 4.78 is 5.58. The number of aliphatic carboxylic acids is 1. The van der Waals surface area contributed by atoms with Gasteiger partial charge in [-0.25, -0.2) is 5.10 Å². The number of ether oxygens (including phenoxy) is 1. The van der Waals surface area contributed by atoms with E-state index in [1.54, 1.807) is 0 Å². The summed E-state index contributed by atoms with van der Waals surface area (Å²) in [5.74, 6) is -0.283. The molecule has 2 N–H and O–H groups in total. The molecule has 0 aliphatic rings. The molecule has 0 fully saturated rings. The summed E-state index contributed by atoms with van der Waals surface area (Å²) in [4.78, 5) is 22.3. The Morgan fingerprint density at radius 1 is 1.32 bits per heavy atom. The number of aromatic amines is 1. The molecule has 116 valence electrons. The molecule has 0 saturated carbocycles. The molecule has 0 spiro atoms. The number of benzene rings is 1. The third-order valence-electron chi connectivity index (χ3n) is 3.14. The Morgan fingerprint density at radius 3 is 2.68 bits per heavy atom.